The van der Waals surface area contributed by atoms with Gasteiger partial charge in [-0.05, 0) is 61.4 Å². The van der Waals surface area contributed by atoms with Gasteiger partial charge in [-0.15, -0.1) is 0 Å². The molecule has 0 saturated heterocycles. The van der Waals surface area contributed by atoms with E-state index in [1.807, 2.05) is 0 Å². The summed E-state index contributed by atoms with van der Waals surface area (Å²) in [7, 11) is 0. The molecule has 0 unspecified atom stereocenters. The molecule has 1 amide bonds. The Labute approximate surface area is 157 Å². The molecule has 3 rings (SSSR count). The molecular formula is C19H16F4N4O. The Morgan fingerprint density at radius 3 is 2.46 bits per heavy atom. The largest absolute Gasteiger partial charge is 0.416 e. The Morgan fingerprint density at radius 2 is 1.86 bits per heavy atom. The van der Waals surface area contributed by atoms with Crippen LogP contribution in [-0.2, 0) is 12.6 Å². The van der Waals surface area contributed by atoms with Crippen LogP contribution in [0.25, 0.3) is 5.69 Å². The molecule has 0 fully saturated rings. The molecule has 0 aliphatic rings. The van der Waals surface area contributed by atoms with Crippen LogP contribution in [0, 0.1) is 19.7 Å². The number of carbonyl (C=O) groups excluding carboxylic acids is 1. The van der Waals surface area contributed by atoms with Crippen molar-refractivity contribution in [3.63, 3.8) is 0 Å². The summed E-state index contributed by atoms with van der Waals surface area (Å²) in [6.07, 6.45) is -4.70. The zero-order valence-electron chi connectivity index (χ0n) is 15.0. The van der Waals surface area contributed by atoms with E-state index in [0.29, 0.717) is 28.7 Å². The number of carbonyl (C=O) groups is 1. The van der Waals surface area contributed by atoms with E-state index in [2.05, 4.69) is 10.1 Å². The number of rotatable bonds is 4. The van der Waals surface area contributed by atoms with Gasteiger partial charge in [-0.25, -0.2) is 14.1 Å². The monoisotopic (exact) mass is 392 g/mol. The fraction of sp³-hybridized carbons (Fsp3) is 0.211. The first-order valence-corrected chi connectivity index (χ1v) is 8.24. The number of aryl methyl sites for hydroxylation is 2. The van der Waals surface area contributed by atoms with Crippen molar-refractivity contribution in [3.05, 3.63) is 76.1 Å². The normalized spacial score (nSPS) is 11.6. The summed E-state index contributed by atoms with van der Waals surface area (Å²) < 4.78 is 53.7. The van der Waals surface area contributed by atoms with E-state index in [-0.39, 0.29) is 17.8 Å². The summed E-state index contributed by atoms with van der Waals surface area (Å²) in [6.45, 7) is 3.41. The maximum absolute atomic E-state index is 13.6. The summed E-state index contributed by atoms with van der Waals surface area (Å²) in [6, 6.07) is 7.26. The Morgan fingerprint density at radius 1 is 1.14 bits per heavy atom. The quantitative estimate of drug-likeness (QED) is 0.688. The van der Waals surface area contributed by atoms with Crippen molar-refractivity contribution in [2.75, 3.05) is 0 Å². The number of nitrogens with two attached hydrogens (primary N) is 1. The van der Waals surface area contributed by atoms with E-state index in [4.69, 9.17) is 5.73 Å². The third-order valence-corrected chi connectivity index (χ3v) is 4.18. The summed E-state index contributed by atoms with van der Waals surface area (Å²) in [4.78, 5) is 15.6. The first-order chi connectivity index (χ1) is 13.0. The van der Waals surface area contributed by atoms with Crippen LogP contribution in [0.2, 0.25) is 0 Å². The first kappa shape index (κ1) is 19.5. The number of primary amides is 1. The van der Waals surface area contributed by atoms with Crippen LogP contribution in [0.15, 0.2) is 36.4 Å². The van der Waals surface area contributed by atoms with Gasteiger partial charge in [0.15, 0.2) is 5.82 Å². The van der Waals surface area contributed by atoms with Crippen molar-refractivity contribution in [2.24, 2.45) is 5.73 Å². The third-order valence-electron chi connectivity index (χ3n) is 4.18. The summed E-state index contributed by atoms with van der Waals surface area (Å²) >= 11 is 0. The number of amides is 1. The molecule has 1 heterocycles. The van der Waals surface area contributed by atoms with Crippen molar-refractivity contribution in [3.8, 4) is 5.69 Å². The van der Waals surface area contributed by atoms with Crippen LogP contribution in [0.3, 0.4) is 0 Å². The fourth-order valence-corrected chi connectivity index (χ4v) is 2.92. The molecular weight excluding hydrogens is 376 g/mol. The molecule has 0 spiro atoms. The predicted molar refractivity (Wildman–Crippen MR) is 93.6 cm³/mol. The highest BCUT2D eigenvalue weighted by Crippen LogP contribution is 2.30. The molecule has 2 N–H and O–H groups in total. The molecule has 1 aromatic heterocycles. The minimum absolute atomic E-state index is 0.0625. The van der Waals surface area contributed by atoms with Crippen LogP contribution >= 0.6 is 0 Å². The molecule has 0 atom stereocenters. The number of benzene rings is 2. The average Bonchev–Trinajstić information content (AvgIpc) is 2.93. The summed E-state index contributed by atoms with van der Waals surface area (Å²) in [5, 5.41) is 4.30. The Kier molecular flexibility index (Phi) is 4.93. The topological polar surface area (TPSA) is 73.8 Å². The van der Waals surface area contributed by atoms with Crippen LogP contribution in [0.5, 0.6) is 0 Å². The van der Waals surface area contributed by atoms with Gasteiger partial charge >= 0.3 is 6.18 Å². The lowest BCUT2D eigenvalue weighted by Gasteiger charge is -2.08. The predicted octanol–water partition coefficient (Wildman–Crippen LogP) is 3.73. The van der Waals surface area contributed by atoms with E-state index < -0.39 is 23.5 Å². The zero-order chi connectivity index (χ0) is 20.6. The van der Waals surface area contributed by atoms with Crippen LogP contribution in [0.1, 0.15) is 38.7 Å². The SMILES string of the molecule is Cc1cc(-n2nc(Cc3cc(F)cc(C(F)(F)F)c3)nc2C)ccc1C(N)=O. The maximum Gasteiger partial charge on any atom is 0.416 e. The van der Waals surface area contributed by atoms with Gasteiger partial charge in [0.1, 0.15) is 11.6 Å². The Bertz CT molecular complexity index is 1060. The molecule has 0 saturated carbocycles. The number of nitrogens with zero attached hydrogens (tertiary/aromatic N) is 3. The van der Waals surface area contributed by atoms with E-state index in [1.165, 1.54) is 4.68 Å². The van der Waals surface area contributed by atoms with Crippen LogP contribution in [0.4, 0.5) is 17.6 Å². The van der Waals surface area contributed by atoms with Gasteiger partial charge in [0.25, 0.3) is 0 Å². The lowest BCUT2D eigenvalue weighted by atomic mass is 10.1. The molecule has 0 aliphatic heterocycles. The van der Waals surface area contributed by atoms with E-state index in [9.17, 15) is 22.4 Å². The second-order valence-electron chi connectivity index (χ2n) is 6.37. The van der Waals surface area contributed by atoms with Gasteiger partial charge < -0.3 is 5.73 Å². The van der Waals surface area contributed by atoms with Gasteiger partial charge in [0, 0.05) is 12.0 Å². The third kappa shape index (κ3) is 4.03. The highest BCUT2D eigenvalue weighted by atomic mass is 19.4. The van der Waals surface area contributed by atoms with Gasteiger partial charge in [-0.3, -0.25) is 4.79 Å². The molecule has 0 radical (unpaired) electrons. The highest BCUT2D eigenvalue weighted by Gasteiger charge is 2.31. The molecule has 9 heteroatoms. The molecule has 5 nitrogen and oxygen atoms in total. The molecule has 3 aromatic rings. The van der Waals surface area contributed by atoms with Gasteiger partial charge in [0.05, 0.1) is 11.3 Å². The fourth-order valence-electron chi connectivity index (χ4n) is 2.92. The molecule has 28 heavy (non-hydrogen) atoms. The number of hydrogen-bond acceptors (Lipinski definition) is 3. The van der Waals surface area contributed by atoms with Crippen molar-refractivity contribution in [2.45, 2.75) is 26.4 Å². The van der Waals surface area contributed by atoms with Crippen molar-refractivity contribution in [1.82, 2.24) is 14.8 Å². The van der Waals surface area contributed by atoms with Crippen molar-refractivity contribution < 1.29 is 22.4 Å². The summed E-state index contributed by atoms with van der Waals surface area (Å²) in [5.74, 6) is -0.785. The number of alkyl halides is 3. The summed E-state index contributed by atoms with van der Waals surface area (Å²) in [5.41, 5.74) is 6.00. The minimum atomic E-state index is -4.64. The number of aromatic nitrogens is 3. The molecule has 0 aliphatic carbocycles. The lowest BCUT2D eigenvalue weighted by molar-refractivity contribution is -0.137. The molecule has 146 valence electrons. The van der Waals surface area contributed by atoms with E-state index in [1.54, 1.807) is 32.0 Å². The first-order valence-electron chi connectivity index (χ1n) is 8.24. The average molecular weight is 392 g/mol. The number of halogens is 4. The van der Waals surface area contributed by atoms with Gasteiger partial charge in [-0.1, -0.05) is 0 Å². The second-order valence-corrected chi connectivity index (χ2v) is 6.37. The highest BCUT2D eigenvalue weighted by molar-refractivity contribution is 5.94. The minimum Gasteiger partial charge on any atom is -0.366 e. The standard InChI is InChI=1S/C19H16F4N4O/c1-10-5-15(3-4-16(10)18(24)28)27-11(2)25-17(26-27)8-12-6-13(19(21,22)23)9-14(20)7-12/h3-7,9H,8H2,1-2H3,(H2,24,28). The molecule has 0 bridgehead atoms. The second kappa shape index (κ2) is 7.06. The Hall–Kier alpha value is -3.23. The van der Waals surface area contributed by atoms with E-state index >= 15 is 0 Å². The zero-order valence-corrected chi connectivity index (χ0v) is 15.0. The molecule has 2 aromatic carbocycles. The van der Waals surface area contributed by atoms with Crippen molar-refractivity contribution in [1.29, 1.82) is 0 Å². The maximum atomic E-state index is 13.6. The van der Waals surface area contributed by atoms with Crippen LogP contribution < -0.4 is 5.73 Å². The lowest BCUT2D eigenvalue weighted by Crippen LogP contribution is -2.13. The Balaban J connectivity index is 1.92. The van der Waals surface area contributed by atoms with Crippen molar-refractivity contribution >= 4 is 5.91 Å². The number of hydrogen-bond donors (Lipinski definition) is 1. The van der Waals surface area contributed by atoms with E-state index in [0.717, 1.165) is 12.1 Å². The van der Waals surface area contributed by atoms with Gasteiger partial charge in [0.2, 0.25) is 5.91 Å². The smallest absolute Gasteiger partial charge is 0.366 e. The van der Waals surface area contributed by atoms with Crippen LogP contribution in [-0.4, -0.2) is 20.7 Å². The van der Waals surface area contributed by atoms with Gasteiger partial charge in [-0.2, -0.15) is 18.3 Å².